The number of nitro groups is 1. The molecular weight excluding hydrogens is 281 g/mol. The minimum absolute atomic E-state index is 0.116. The largest absolute Gasteiger partial charge is 0.477 e. The van der Waals surface area contributed by atoms with Crippen LogP contribution in [0.15, 0.2) is 36.7 Å². The molecule has 0 atom stereocenters. The second-order valence-electron chi connectivity index (χ2n) is 4.12. The first-order valence-electron chi connectivity index (χ1n) is 5.83. The molecule has 8 heteroatoms. The van der Waals surface area contributed by atoms with E-state index in [-0.39, 0.29) is 12.2 Å². The average Bonchev–Trinajstić information content (AvgIpc) is 2.46. The molecule has 7 nitrogen and oxygen atoms in total. The predicted molar refractivity (Wildman–Crippen MR) is 71.6 cm³/mol. The molecule has 1 heterocycles. The van der Waals surface area contributed by atoms with E-state index in [4.69, 9.17) is 5.11 Å². The lowest BCUT2D eigenvalue weighted by Gasteiger charge is -2.09. The topological polar surface area (TPSA) is 105 Å². The molecule has 2 aromatic rings. The van der Waals surface area contributed by atoms with Crippen molar-refractivity contribution in [3.05, 3.63) is 63.7 Å². The number of anilines is 1. The molecule has 21 heavy (non-hydrogen) atoms. The lowest BCUT2D eigenvalue weighted by atomic mass is 10.1. The van der Waals surface area contributed by atoms with Crippen molar-refractivity contribution in [3.8, 4) is 0 Å². The van der Waals surface area contributed by atoms with Crippen LogP contribution in [-0.2, 0) is 6.54 Å². The summed E-state index contributed by atoms with van der Waals surface area (Å²) in [5.74, 6) is -2.38. The summed E-state index contributed by atoms with van der Waals surface area (Å²) in [6.07, 6.45) is 3.12. The van der Waals surface area contributed by atoms with E-state index in [1.165, 1.54) is 0 Å². The van der Waals surface area contributed by atoms with Gasteiger partial charge in [-0.25, -0.2) is 9.18 Å². The molecule has 0 aliphatic carbocycles. The number of carboxylic acid groups (broad SMARTS) is 1. The number of aromatic nitrogens is 1. The average molecular weight is 291 g/mol. The van der Waals surface area contributed by atoms with Gasteiger partial charge in [0, 0.05) is 18.9 Å². The number of benzene rings is 1. The molecule has 0 aliphatic rings. The maximum atomic E-state index is 13.8. The van der Waals surface area contributed by atoms with Gasteiger partial charge in [-0.2, -0.15) is 0 Å². The summed E-state index contributed by atoms with van der Waals surface area (Å²) in [6.45, 7) is 0.232. The van der Waals surface area contributed by atoms with E-state index < -0.39 is 28.0 Å². The zero-order valence-corrected chi connectivity index (χ0v) is 10.6. The van der Waals surface area contributed by atoms with Crippen molar-refractivity contribution in [1.29, 1.82) is 0 Å². The number of rotatable bonds is 5. The molecule has 1 aromatic heterocycles. The number of carbonyl (C=O) groups is 1. The second kappa shape index (κ2) is 5.95. The van der Waals surface area contributed by atoms with Crippen molar-refractivity contribution < 1.29 is 19.2 Å². The highest BCUT2D eigenvalue weighted by molar-refractivity contribution is 5.93. The molecule has 0 spiro atoms. The van der Waals surface area contributed by atoms with Crippen LogP contribution in [0.3, 0.4) is 0 Å². The van der Waals surface area contributed by atoms with E-state index in [0.29, 0.717) is 6.07 Å². The van der Waals surface area contributed by atoms with E-state index in [1.54, 1.807) is 24.5 Å². The number of aromatic carboxylic acids is 1. The normalized spacial score (nSPS) is 10.1. The Hall–Kier alpha value is -3.03. The Morgan fingerprint density at radius 3 is 2.62 bits per heavy atom. The van der Waals surface area contributed by atoms with Gasteiger partial charge in [-0.3, -0.25) is 15.1 Å². The Balaban J connectivity index is 2.30. The van der Waals surface area contributed by atoms with E-state index in [1.807, 2.05) is 0 Å². The van der Waals surface area contributed by atoms with E-state index in [2.05, 4.69) is 10.3 Å². The fourth-order valence-corrected chi connectivity index (χ4v) is 1.72. The third kappa shape index (κ3) is 3.30. The third-order valence-electron chi connectivity index (χ3n) is 2.74. The Morgan fingerprint density at radius 1 is 1.38 bits per heavy atom. The van der Waals surface area contributed by atoms with Gasteiger partial charge in [0.15, 0.2) is 5.82 Å². The highest BCUT2D eigenvalue weighted by Crippen LogP contribution is 2.26. The van der Waals surface area contributed by atoms with Gasteiger partial charge in [-0.1, -0.05) is 0 Å². The van der Waals surface area contributed by atoms with Gasteiger partial charge in [0.2, 0.25) is 0 Å². The lowest BCUT2D eigenvalue weighted by Crippen LogP contribution is -2.07. The fraction of sp³-hybridized carbons (Fsp3) is 0.0769. The molecule has 0 radical (unpaired) electrons. The van der Waals surface area contributed by atoms with Crippen molar-refractivity contribution >= 4 is 17.3 Å². The molecule has 0 amide bonds. The summed E-state index contributed by atoms with van der Waals surface area (Å²) in [4.78, 5) is 24.6. The summed E-state index contributed by atoms with van der Waals surface area (Å²) in [6, 6.07) is 4.91. The molecule has 1 aromatic carbocycles. The quantitative estimate of drug-likeness (QED) is 0.647. The predicted octanol–water partition coefficient (Wildman–Crippen LogP) is 2.44. The summed E-state index contributed by atoms with van der Waals surface area (Å²) < 4.78 is 13.8. The number of nitro benzene ring substituents is 1. The number of carboxylic acids is 1. The van der Waals surface area contributed by atoms with Crippen molar-refractivity contribution in [2.75, 3.05) is 5.32 Å². The zero-order valence-electron chi connectivity index (χ0n) is 10.6. The van der Waals surface area contributed by atoms with Crippen molar-refractivity contribution in [3.63, 3.8) is 0 Å². The first kappa shape index (κ1) is 14.4. The second-order valence-corrected chi connectivity index (χ2v) is 4.12. The van der Waals surface area contributed by atoms with Crippen molar-refractivity contribution in [2.45, 2.75) is 6.54 Å². The van der Waals surface area contributed by atoms with E-state index in [9.17, 15) is 19.3 Å². The summed E-state index contributed by atoms with van der Waals surface area (Å²) >= 11 is 0. The van der Waals surface area contributed by atoms with Crippen LogP contribution in [0.2, 0.25) is 0 Å². The number of nitrogens with zero attached hydrogens (tertiary/aromatic N) is 2. The first-order valence-corrected chi connectivity index (χ1v) is 5.83. The number of nitrogens with one attached hydrogen (secondary N) is 1. The SMILES string of the molecule is O=C(O)c1cc(NCc2ccncc2)c(F)cc1[N+](=O)[O-]. The lowest BCUT2D eigenvalue weighted by molar-refractivity contribution is -0.385. The Kier molecular flexibility index (Phi) is 4.07. The molecular formula is C13H10FN3O4. The van der Waals surface area contributed by atoms with Crippen molar-refractivity contribution in [2.24, 2.45) is 0 Å². The minimum Gasteiger partial charge on any atom is -0.477 e. The first-order chi connectivity index (χ1) is 9.99. The highest BCUT2D eigenvalue weighted by atomic mass is 19.1. The van der Waals surface area contributed by atoms with E-state index >= 15 is 0 Å². The minimum atomic E-state index is -1.49. The fourth-order valence-electron chi connectivity index (χ4n) is 1.72. The van der Waals surface area contributed by atoms with Crippen LogP contribution in [0.5, 0.6) is 0 Å². The summed E-state index contributed by atoms with van der Waals surface area (Å²) in [7, 11) is 0. The third-order valence-corrected chi connectivity index (χ3v) is 2.74. The van der Waals surface area contributed by atoms with Crippen LogP contribution in [-0.4, -0.2) is 21.0 Å². The van der Waals surface area contributed by atoms with Crippen LogP contribution in [0, 0.1) is 15.9 Å². The maximum absolute atomic E-state index is 13.8. The Labute approximate surface area is 118 Å². The molecule has 0 saturated carbocycles. The molecule has 0 aliphatic heterocycles. The van der Waals surface area contributed by atoms with Crippen LogP contribution in [0.1, 0.15) is 15.9 Å². The monoisotopic (exact) mass is 291 g/mol. The van der Waals surface area contributed by atoms with Gasteiger partial charge < -0.3 is 10.4 Å². The van der Waals surface area contributed by atoms with Gasteiger partial charge in [0.05, 0.1) is 16.7 Å². The van der Waals surface area contributed by atoms with Gasteiger partial charge in [0.1, 0.15) is 5.56 Å². The van der Waals surface area contributed by atoms with Crippen LogP contribution < -0.4 is 5.32 Å². The zero-order chi connectivity index (χ0) is 15.4. The van der Waals surface area contributed by atoms with Crippen LogP contribution in [0.25, 0.3) is 0 Å². The molecule has 0 saturated heterocycles. The van der Waals surface area contributed by atoms with E-state index in [0.717, 1.165) is 11.6 Å². The molecule has 0 unspecified atom stereocenters. The molecule has 2 rings (SSSR count). The molecule has 0 fully saturated rings. The van der Waals surface area contributed by atoms with Crippen molar-refractivity contribution in [1.82, 2.24) is 4.98 Å². The van der Waals surface area contributed by atoms with Crippen LogP contribution >= 0.6 is 0 Å². The number of hydrogen-bond acceptors (Lipinski definition) is 5. The number of halogens is 1. The molecule has 108 valence electrons. The highest BCUT2D eigenvalue weighted by Gasteiger charge is 2.23. The maximum Gasteiger partial charge on any atom is 0.342 e. The smallest absolute Gasteiger partial charge is 0.342 e. The van der Waals surface area contributed by atoms with Crippen LogP contribution in [0.4, 0.5) is 15.8 Å². The summed E-state index contributed by atoms with van der Waals surface area (Å²) in [5, 5.41) is 22.4. The molecule has 2 N–H and O–H groups in total. The number of pyridine rings is 1. The summed E-state index contributed by atoms with van der Waals surface area (Å²) in [5.41, 5.74) is -0.664. The van der Waals surface area contributed by atoms with Gasteiger partial charge >= 0.3 is 5.97 Å². The Bertz CT molecular complexity index is 691. The standard InChI is InChI=1S/C13H10FN3O4/c14-10-6-12(17(20)21)9(13(18)19)5-11(10)16-7-8-1-3-15-4-2-8/h1-6,16H,7H2,(H,18,19). The molecule has 0 bridgehead atoms. The van der Waals surface area contributed by atoms with Gasteiger partial charge in [-0.15, -0.1) is 0 Å². The van der Waals surface area contributed by atoms with Gasteiger partial charge in [0.25, 0.3) is 5.69 Å². The number of hydrogen-bond donors (Lipinski definition) is 2. The van der Waals surface area contributed by atoms with Gasteiger partial charge in [-0.05, 0) is 23.8 Å². The Morgan fingerprint density at radius 2 is 2.05 bits per heavy atom.